The second-order valence-electron chi connectivity index (χ2n) is 6.55. The Labute approximate surface area is 172 Å². The number of carbonyl (C=O) groups is 1. The quantitative estimate of drug-likeness (QED) is 0.390. The Morgan fingerprint density at radius 2 is 1.38 bits per heavy atom. The van der Waals surface area contributed by atoms with E-state index in [4.69, 9.17) is 9.47 Å². The van der Waals surface area contributed by atoms with E-state index in [0.29, 0.717) is 24.2 Å². The van der Waals surface area contributed by atoms with Crippen molar-refractivity contribution in [1.82, 2.24) is 4.31 Å². The van der Waals surface area contributed by atoms with Crippen molar-refractivity contribution in [2.75, 3.05) is 14.2 Å². The lowest BCUT2D eigenvalue weighted by Gasteiger charge is -2.25. The summed E-state index contributed by atoms with van der Waals surface area (Å²) in [5, 5.41) is -1.11. The minimum Gasteiger partial charge on any atom is -0.497 e. The van der Waals surface area contributed by atoms with Gasteiger partial charge in [0.25, 0.3) is 0 Å². The number of aldehydes is 1. The Kier molecular flexibility index (Phi) is 8.42. The first kappa shape index (κ1) is 22.6. The van der Waals surface area contributed by atoms with Gasteiger partial charge in [0.15, 0.2) is 0 Å². The van der Waals surface area contributed by atoms with Crippen LogP contribution in [0.15, 0.2) is 61.2 Å². The van der Waals surface area contributed by atoms with E-state index in [1.165, 1.54) is 4.31 Å². The van der Waals surface area contributed by atoms with Gasteiger partial charge in [-0.1, -0.05) is 30.3 Å². The standard InChI is InChI=1S/C22H27NO5S/c1-4-5-6-22(17-24)29(25,26)23(15-18-7-11-20(27-2)12-8-18)16-19-9-13-21(28-3)14-10-19/h4,7-14,17,22H,1,5-6,15-16H2,2-3H3/t22-/m0/s1. The maximum Gasteiger partial charge on any atom is 0.224 e. The maximum absolute atomic E-state index is 13.2. The number of hydrogen-bond donors (Lipinski definition) is 0. The summed E-state index contributed by atoms with van der Waals surface area (Å²) < 4.78 is 38.1. The second kappa shape index (κ2) is 10.8. The molecule has 0 radical (unpaired) electrons. The van der Waals surface area contributed by atoms with Crippen LogP contribution in [0.2, 0.25) is 0 Å². The van der Waals surface area contributed by atoms with Gasteiger partial charge >= 0.3 is 0 Å². The normalized spacial score (nSPS) is 12.4. The van der Waals surface area contributed by atoms with Crippen LogP contribution in [0.3, 0.4) is 0 Å². The van der Waals surface area contributed by atoms with Gasteiger partial charge in [-0.15, -0.1) is 6.58 Å². The molecule has 0 saturated heterocycles. The van der Waals surface area contributed by atoms with Crippen LogP contribution in [-0.4, -0.2) is 38.5 Å². The molecule has 0 saturated carbocycles. The zero-order valence-electron chi connectivity index (χ0n) is 16.8. The number of carbonyl (C=O) groups excluding carboxylic acids is 1. The second-order valence-corrected chi connectivity index (χ2v) is 8.70. The largest absolute Gasteiger partial charge is 0.497 e. The summed E-state index contributed by atoms with van der Waals surface area (Å²) in [6, 6.07) is 14.4. The monoisotopic (exact) mass is 417 g/mol. The summed E-state index contributed by atoms with van der Waals surface area (Å²) >= 11 is 0. The highest BCUT2D eigenvalue weighted by Crippen LogP contribution is 2.22. The SMILES string of the molecule is C=CCC[C@@H](C=O)S(=O)(=O)N(Cc1ccc(OC)cc1)Cc1ccc(OC)cc1. The molecule has 2 aromatic rings. The van der Waals surface area contributed by atoms with Gasteiger partial charge in [0.1, 0.15) is 23.0 Å². The molecule has 2 rings (SSSR count). The number of hydrogen-bond acceptors (Lipinski definition) is 5. The molecule has 1 atom stereocenters. The molecule has 0 unspecified atom stereocenters. The van der Waals surface area contributed by atoms with E-state index in [2.05, 4.69) is 6.58 Å². The van der Waals surface area contributed by atoms with Gasteiger partial charge in [-0.25, -0.2) is 8.42 Å². The molecule has 0 aliphatic rings. The van der Waals surface area contributed by atoms with Gasteiger partial charge in [-0.2, -0.15) is 4.31 Å². The molecule has 0 bridgehead atoms. The van der Waals surface area contributed by atoms with Gasteiger partial charge in [-0.3, -0.25) is 0 Å². The molecule has 0 amide bonds. The minimum absolute atomic E-state index is 0.150. The zero-order valence-corrected chi connectivity index (χ0v) is 17.6. The van der Waals surface area contributed by atoms with Crippen molar-refractivity contribution in [1.29, 1.82) is 0 Å². The zero-order chi connectivity index (χ0) is 21.3. The van der Waals surface area contributed by atoms with Gasteiger partial charge < -0.3 is 14.3 Å². The average molecular weight is 418 g/mol. The molecule has 0 aliphatic heterocycles. The molecule has 2 aromatic carbocycles. The lowest BCUT2D eigenvalue weighted by molar-refractivity contribution is -0.107. The lowest BCUT2D eigenvalue weighted by atomic mass is 10.2. The van der Waals surface area contributed by atoms with Crippen LogP contribution in [0, 0.1) is 0 Å². The smallest absolute Gasteiger partial charge is 0.224 e. The van der Waals surface area contributed by atoms with Crippen LogP contribution >= 0.6 is 0 Å². The van der Waals surface area contributed by atoms with Crippen molar-refractivity contribution in [3.63, 3.8) is 0 Å². The molecule has 0 aliphatic carbocycles. The molecule has 6 nitrogen and oxygen atoms in total. The molecular formula is C22H27NO5S. The number of ether oxygens (including phenoxy) is 2. The number of sulfonamides is 1. The van der Waals surface area contributed by atoms with Crippen molar-refractivity contribution in [3.05, 3.63) is 72.3 Å². The van der Waals surface area contributed by atoms with E-state index in [1.807, 2.05) is 24.3 Å². The van der Waals surface area contributed by atoms with Crippen molar-refractivity contribution >= 4 is 16.3 Å². The Bertz CT molecular complexity index is 842. The number of rotatable bonds is 12. The van der Waals surface area contributed by atoms with Crippen LogP contribution in [0.25, 0.3) is 0 Å². The fourth-order valence-electron chi connectivity index (χ4n) is 2.87. The third kappa shape index (κ3) is 6.17. The fourth-order valence-corrected chi connectivity index (χ4v) is 4.48. The van der Waals surface area contributed by atoms with E-state index in [1.54, 1.807) is 44.6 Å². The summed E-state index contributed by atoms with van der Waals surface area (Å²) in [6.45, 7) is 3.91. The molecule has 0 heterocycles. The number of methoxy groups -OCH3 is 2. The molecule has 156 valence electrons. The van der Waals surface area contributed by atoms with Crippen molar-refractivity contribution in [2.24, 2.45) is 0 Å². The van der Waals surface area contributed by atoms with Crippen molar-refractivity contribution < 1.29 is 22.7 Å². The van der Waals surface area contributed by atoms with Gasteiger partial charge in [0.05, 0.1) is 14.2 Å². The first-order valence-electron chi connectivity index (χ1n) is 9.25. The van der Waals surface area contributed by atoms with Crippen LogP contribution in [0.4, 0.5) is 0 Å². The van der Waals surface area contributed by atoms with Gasteiger partial charge in [0, 0.05) is 13.1 Å². The van der Waals surface area contributed by atoms with Crippen LogP contribution in [0.5, 0.6) is 11.5 Å². The highest BCUT2D eigenvalue weighted by molar-refractivity contribution is 7.90. The molecule has 0 N–H and O–H groups in total. The first-order valence-corrected chi connectivity index (χ1v) is 10.8. The number of benzene rings is 2. The van der Waals surface area contributed by atoms with Crippen LogP contribution < -0.4 is 9.47 Å². The Hall–Kier alpha value is -2.64. The highest BCUT2D eigenvalue weighted by atomic mass is 32.2. The number of nitrogens with zero attached hydrogens (tertiary/aromatic N) is 1. The third-order valence-electron chi connectivity index (χ3n) is 4.59. The molecule has 7 heteroatoms. The average Bonchev–Trinajstić information content (AvgIpc) is 2.74. The fraction of sp³-hybridized carbons (Fsp3) is 0.318. The summed E-state index contributed by atoms with van der Waals surface area (Å²) in [4.78, 5) is 11.6. The van der Waals surface area contributed by atoms with Crippen LogP contribution in [0.1, 0.15) is 24.0 Å². The van der Waals surface area contributed by atoms with Crippen molar-refractivity contribution in [3.8, 4) is 11.5 Å². The minimum atomic E-state index is -3.86. The Morgan fingerprint density at radius 3 is 1.72 bits per heavy atom. The van der Waals surface area contributed by atoms with Crippen molar-refractivity contribution in [2.45, 2.75) is 31.2 Å². The predicted octanol–water partition coefficient (Wildman–Crippen LogP) is 3.57. The van der Waals surface area contributed by atoms with E-state index >= 15 is 0 Å². The van der Waals surface area contributed by atoms with E-state index in [0.717, 1.165) is 11.1 Å². The lowest BCUT2D eigenvalue weighted by Crippen LogP contribution is -2.38. The van der Waals surface area contributed by atoms with E-state index in [9.17, 15) is 13.2 Å². The molecular weight excluding hydrogens is 390 g/mol. The summed E-state index contributed by atoms with van der Waals surface area (Å²) in [7, 11) is -0.712. The summed E-state index contributed by atoms with van der Waals surface area (Å²) in [5.74, 6) is 1.38. The maximum atomic E-state index is 13.2. The Balaban J connectivity index is 2.33. The number of allylic oxidation sites excluding steroid dienone is 1. The highest BCUT2D eigenvalue weighted by Gasteiger charge is 2.31. The van der Waals surface area contributed by atoms with E-state index in [-0.39, 0.29) is 19.5 Å². The predicted molar refractivity (Wildman–Crippen MR) is 113 cm³/mol. The molecule has 29 heavy (non-hydrogen) atoms. The molecule has 0 aromatic heterocycles. The third-order valence-corrected chi connectivity index (χ3v) is 6.68. The topological polar surface area (TPSA) is 72.9 Å². The summed E-state index contributed by atoms with van der Waals surface area (Å²) in [5.41, 5.74) is 1.60. The first-order chi connectivity index (χ1) is 13.9. The molecule has 0 fully saturated rings. The van der Waals surface area contributed by atoms with Crippen LogP contribution in [-0.2, 0) is 27.9 Å². The van der Waals surface area contributed by atoms with Gasteiger partial charge in [0.2, 0.25) is 10.0 Å². The van der Waals surface area contributed by atoms with Gasteiger partial charge in [-0.05, 0) is 48.2 Å². The van der Waals surface area contributed by atoms with E-state index < -0.39 is 15.3 Å². The Morgan fingerprint density at radius 1 is 0.931 bits per heavy atom. The summed E-state index contributed by atoms with van der Waals surface area (Å²) in [6.07, 6.45) is 2.77. The molecule has 0 spiro atoms.